The topological polar surface area (TPSA) is 24.9 Å². The van der Waals surface area contributed by atoms with Gasteiger partial charge in [0.05, 0.1) is 6.04 Å². The van der Waals surface area contributed by atoms with E-state index in [1.54, 1.807) is 0 Å². The lowest BCUT2D eigenvalue weighted by molar-refractivity contribution is 0.598. The van der Waals surface area contributed by atoms with Crippen molar-refractivity contribution in [2.75, 3.05) is 5.32 Å². The van der Waals surface area contributed by atoms with Gasteiger partial charge >= 0.3 is 0 Å². The van der Waals surface area contributed by atoms with Crippen LogP contribution in [-0.2, 0) is 6.42 Å². The summed E-state index contributed by atoms with van der Waals surface area (Å²) in [6, 6.07) is 15.1. The van der Waals surface area contributed by atoms with Gasteiger partial charge in [-0.1, -0.05) is 30.3 Å². The molecule has 0 radical (unpaired) electrons. The largest absolute Gasteiger partial charge is 0.363 e. The Bertz CT molecular complexity index is 493. The van der Waals surface area contributed by atoms with E-state index in [1.165, 1.54) is 30.4 Å². The summed E-state index contributed by atoms with van der Waals surface area (Å²) in [6.45, 7) is 0. The third kappa shape index (κ3) is 2.16. The van der Waals surface area contributed by atoms with Crippen LogP contribution in [0.2, 0.25) is 0 Å². The molecule has 1 N–H and O–H groups in total. The summed E-state index contributed by atoms with van der Waals surface area (Å²) in [5.41, 5.74) is 2.91. The first kappa shape index (κ1) is 10.3. The molecule has 2 heteroatoms. The maximum Gasteiger partial charge on any atom is 0.126 e. The lowest BCUT2D eigenvalue weighted by Gasteiger charge is -2.26. The van der Waals surface area contributed by atoms with Crippen LogP contribution in [0.5, 0.6) is 0 Å². The van der Waals surface area contributed by atoms with Crippen LogP contribution < -0.4 is 5.32 Å². The minimum absolute atomic E-state index is 0.412. The predicted molar refractivity (Wildman–Crippen MR) is 70.0 cm³/mol. The van der Waals surface area contributed by atoms with Crippen LogP contribution >= 0.6 is 0 Å². The van der Waals surface area contributed by atoms with Gasteiger partial charge in [0.1, 0.15) is 5.82 Å². The zero-order chi connectivity index (χ0) is 11.5. The zero-order valence-electron chi connectivity index (χ0n) is 9.76. The van der Waals surface area contributed by atoms with Crippen LogP contribution in [0.25, 0.3) is 0 Å². The number of pyridine rings is 1. The predicted octanol–water partition coefficient (Wildman–Crippen LogP) is 3.57. The highest BCUT2D eigenvalue weighted by molar-refractivity contribution is 5.41. The molecule has 1 unspecified atom stereocenters. The summed E-state index contributed by atoms with van der Waals surface area (Å²) >= 11 is 0. The van der Waals surface area contributed by atoms with Crippen LogP contribution in [0.15, 0.2) is 48.7 Å². The zero-order valence-corrected chi connectivity index (χ0v) is 9.76. The van der Waals surface area contributed by atoms with Gasteiger partial charge < -0.3 is 5.32 Å². The van der Waals surface area contributed by atoms with E-state index >= 15 is 0 Å². The van der Waals surface area contributed by atoms with Crippen LogP contribution in [0.1, 0.15) is 30.0 Å². The van der Waals surface area contributed by atoms with Gasteiger partial charge in [-0.3, -0.25) is 0 Å². The molecule has 2 nitrogen and oxygen atoms in total. The average Bonchev–Trinajstić information content (AvgIpc) is 2.40. The molecule has 0 saturated heterocycles. The monoisotopic (exact) mass is 224 g/mol. The fourth-order valence-corrected chi connectivity index (χ4v) is 2.53. The van der Waals surface area contributed by atoms with E-state index in [2.05, 4.69) is 34.6 Å². The molecular formula is C15H16N2. The Hall–Kier alpha value is -1.83. The summed E-state index contributed by atoms with van der Waals surface area (Å²) in [5, 5.41) is 3.53. The van der Waals surface area contributed by atoms with Crippen molar-refractivity contribution >= 4 is 5.82 Å². The van der Waals surface area contributed by atoms with Gasteiger partial charge in [-0.15, -0.1) is 0 Å². The molecule has 0 aliphatic heterocycles. The normalized spacial score (nSPS) is 18.5. The third-order valence-corrected chi connectivity index (χ3v) is 3.36. The van der Waals surface area contributed by atoms with E-state index in [0.29, 0.717) is 6.04 Å². The summed E-state index contributed by atoms with van der Waals surface area (Å²) in [5.74, 6) is 0.967. The first-order valence-electron chi connectivity index (χ1n) is 6.19. The Labute approximate surface area is 102 Å². The Morgan fingerprint density at radius 3 is 2.82 bits per heavy atom. The molecule has 1 aromatic heterocycles. The van der Waals surface area contributed by atoms with Gasteiger partial charge in [0.2, 0.25) is 0 Å². The Morgan fingerprint density at radius 2 is 1.94 bits per heavy atom. The van der Waals surface area contributed by atoms with Gasteiger partial charge in [0, 0.05) is 6.20 Å². The highest BCUT2D eigenvalue weighted by Gasteiger charge is 2.19. The first-order chi connectivity index (χ1) is 8.43. The van der Waals surface area contributed by atoms with E-state index in [0.717, 1.165) is 5.82 Å². The minimum atomic E-state index is 0.412. The molecule has 86 valence electrons. The molecule has 1 aromatic carbocycles. The average molecular weight is 224 g/mol. The molecule has 2 aromatic rings. The summed E-state index contributed by atoms with van der Waals surface area (Å²) in [4.78, 5) is 4.33. The molecule has 1 aliphatic carbocycles. The number of anilines is 1. The first-order valence-corrected chi connectivity index (χ1v) is 6.19. The number of aromatic nitrogens is 1. The van der Waals surface area contributed by atoms with Crippen molar-refractivity contribution in [2.24, 2.45) is 0 Å². The standard InChI is InChI=1S/C15H16N2/c1-2-8-13-12(6-1)7-5-9-14(13)17-15-10-3-4-11-16-15/h1-4,6,8,10-11,14H,5,7,9H2,(H,16,17). The number of rotatable bonds is 2. The van der Waals surface area contributed by atoms with E-state index in [9.17, 15) is 0 Å². The van der Waals surface area contributed by atoms with E-state index in [-0.39, 0.29) is 0 Å². The molecule has 1 aliphatic rings. The Kier molecular flexibility index (Phi) is 2.78. The maximum absolute atomic E-state index is 4.33. The van der Waals surface area contributed by atoms with Crippen molar-refractivity contribution in [1.82, 2.24) is 4.98 Å². The molecule has 0 amide bonds. The number of aryl methyl sites for hydroxylation is 1. The second-order valence-corrected chi connectivity index (χ2v) is 4.50. The molecular weight excluding hydrogens is 208 g/mol. The Morgan fingerprint density at radius 1 is 1.06 bits per heavy atom. The van der Waals surface area contributed by atoms with E-state index in [1.807, 2.05) is 24.4 Å². The fraction of sp³-hybridized carbons (Fsp3) is 0.267. The summed E-state index contributed by atoms with van der Waals surface area (Å²) in [6.07, 6.45) is 5.47. The molecule has 3 rings (SSSR count). The van der Waals surface area contributed by atoms with Gasteiger partial charge in [-0.2, -0.15) is 0 Å². The van der Waals surface area contributed by atoms with Crippen LogP contribution in [0.3, 0.4) is 0 Å². The number of hydrogen-bond acceptors (Lipinski definition) is 2. The van der Waals surface area contributed by atoms with Crippen molar-refractivity contribution in [3.8, 4) is 0 Å². The van der Waals surface area contributed by atoms with Crippen molar-refractivity contribution < 1.29 is 0 Å². The van der Waals surface area contributed by atoms with Gasteiger partial charge in [0.25, 0.3) is 0 Å². The van der Waals surface area contributed by atoms with Crippen LogP contribution in [-0.4, -0.2) is 4.98 Å². The van der Waals surface area contributed by atoms with E-state index in [4.69, 9.17) is 0 Å². The second kappa shape index (κ2) is 4.58. The number of fused-ring (bicyclic) bond motifs is 1. The van der Waals surface area contributed by atoms with Crippen molar-refractivity contribution in [2.45, 2.75) is 25.3 Å². The summed E-state index contributed by atoms with van der Waals surface area (Å²) < 4.78 is 0. The van der Waals surface area contributed by atoms with Crippen molar-refractivity contribution in [3.05, 3.63) is 59.8 Å². The third-order valence-electron chi connectivity index (χ3n) is 3.36. The lowest BCUT2D eigenvalue weighted by atomic mass is 9.88. The quantitative estimate of drug-likeness (QED) is 0.843. The van der Waals surface area contributed by atoms with Gasteiger partial charge in [-0.05, 0) is 42.5 Å². The molecule has 17 heavy (non-hydrogen) atoms. The summed E-state index contributed by atoms with van der Waals surface area (Å²) in [7, 11) is 0. The van der Waals surface area contributed by atoms with Crippen molar-refractivity contribution in [1.29, 1.82) is 0 Å². The molecule has 0 bridgehead atoms. The number of nitrogens with zero attached hydrogens (tertiary/aromatic N) is 1. The van der Waals surface area contributed by atoms with Crippen LogP contribution in [0, 0.1) is 0 Å². The highest BCUT2D eigenvalue weighted by atomic mass is 15.0. The number of hydrogen-bond donors (Lipinski definition) is 1. The SMILES string of the molecule is c1ccc(NC2CCCc3ccccc32)nc1. The van der Waals surface area contributed by atoms with Crippen LogP contribution in [0.4, 0.5) is 5.82 Å². The van der Waals surface area contributed by atoms with Gasteiger partial charge in [0.15, 0.2) is 0 Å². The molecule has 1 heterocycles. The highest BCUT2D eigenvalue weighted by Crippen LogP contribution is 2.31. The van der Waals surface area contributed by atoms with E-state index < -0.39 is 0 Å². The van der Waals surface area contributed by atoms with Crippen molar-refractivity contribution in [3.63, 3.8) is 0 Å². The molecule has 1 atom stereocenters. The fourth-order valence-electron chi connectivity index (χ4n) is 2.53. The molecule has 0 saturated carbocycles. The van der Waals surface area contributed by atoms with Gasteiger partial charge in [-0.25, -0.2) is 4.98 Å². The lowest BCUT2D eigenvalue weighted by Crippen LogP contribution is -2.17. The molecule has 0 fully saturated rings. The number of benzene rings is 1. The Balaban J connectivity index is 1.86. The maximum atomic E-state index is 4.33. The smallest absolute Gasteiger partial charge is 0.126 e. The molecule has 0 spiro atoms. The minimum Gasteiger partial charge on any atom is -0.363 e. The second-order valence-electron chi connectivity index (χ2n) is 4.50. The number of nitrogens with one attached hydrogen (secondary N) is 1.